The van der Waals surface area contributed by atoms with Crippen molar-refractivity contribution in [2.24, 2.45) is 0 Å². The molecule has 0 saturated heterocycles. The van der Waals surface area contributed by atoms with Crippen LogP contribution >= 0.6 is 11.3 Å². The molecule has 2 aromatic heterocycles. The number of rotatable bonds is 3. The van der Waals surface area contributed by atoms with Gasteiger partial charge in [-0.05, 0) is 24.3 Å². The van der Waals surface area contributed by atoms with Crippen LogP contribution in [0.25, 0.3) is 0 Å². The van der Waals surface area contributed by atoms with Gasteiger partial charge in [0.05, 0.1) is 12.0 Å². The van der Waals surface area contributed by atoms with Crippen LogP contribution in [0.2, 0.25) is 0 Å². The van der Waals surface area contributed by atoms with Crippen molar-refractivity contribution in [1.29, 1.82) is 0 Å². The number of hydrogen-bond donors (Lipinski definition) is 1. The summed E-state index contributed by atoms with van der Waals surface area (Å²) < 4.78 is 5.36. The Labute approximate surface area is 116 Å². The molecule has 1 aliphatic carbocycles. The highest BCUT2D eigenvalue weighted by molar-refractivity contribution is 7.09. The van der Waals surface area contributed by atoms with Crippen LogP contribution in [-0.4, -0.2) is 21.4 Å². The fraction of sp³-hybridized carbons (Fsp3) is 0.571. The van der Waals surface area contributed by atoms with Gasteiger partial charge in [-0.1, -0.05) is 30.5 Å². The predicted octanol–water partition coefficient (Wildman–Crippen LogP) is 3.13. The largest absolute Gasteiger partial charge is 0.392 e. The van der Waals surface area contributed by atoms with E-state index in [0.717, 1.165) is 25.7 Å². The maximum atomic E-state index is 10.1. The SMILES string of the molecule is OC1CCCCCC1c1nc(Cc2cccs2)no1. The zero-order valence-corrected chi connectivity index (χ0v) is 11.6. The van der Waals surface area contributed by atoms with E-state index in [1.165, 1.54) is 11.3 Å². The lowest BCUT2D eigenvalue weighted by atomic mass is 9.97. The molecule has 2 heterocycles. The van der Waals surface area contributed by atoms with Gasteiger partial charge in [0.15, 0.2) is 5.82 Å². The van der Waals surface area contributed by atoms with Crippen LogP contribution in [0, 0.1) is 0 Å². The molecule has 2 aromatic rings. The molecule has 0 amide bonds. The van der Waals surface area contributed by atoms with Crippen LogP contribution in [-0.2, 0) is 6.42 Å². The van der Waals surface area contributed by atoms with E-state index < -0.39 is 0 Å². The fourth-order valence-corrected chi connectivity index (χ4v) is 3.34. The zero-order valence-electron chi connectivity index (χ0n) is 10.8. The summed E-state index contributed by atoms with van der Waals surface area (Å²) in [7, 11) is 0. The van der Waals surface area contributed by atoms with Gasteiger partial charge < -0.3 is 9.63 Å². The monoisotopic (exact) mass is 278 g/mol. The summed E-state index contributed by atoms with van der Waals surface area (Å²) in [5.41, 5.74) is 0. The van der Waals surface area contributed by atoms with E-state index in [-0.39, 0.29) is 12.0 Å². The van der Waals surface area contributed by atoms with Crippen molar-refractivity contribution >= 4 is 11.3 Å². The Morgan fingerprint density at radius 3 is 3.05 bits per heavy atom. The van der Waals surface area contributed by atoms with Gasteiger partial charge in [0, 0.05) is 11.3 Å². The van der Waals surface area contributed by atoms with Crippen LogP contribution in [0.3, 0.4) is 0 Å². The van der Waals surface area contributed by atoms with Crippen molar-refractivity contribution in [1.82, 2.24) is 10.1 Å². The number of aliphatic hydroxyl groups is 1. The third-order valence-corrected chi connectivity index (χ3v) is 4.57. The van der Waals surface area contributed by atoms with Crippen molar-refractivity contribution in [3.05, 3.63) is 34.1 Å². The Kier molecular flexibility index (Phi) is 3.94. The van der Waals surface area contributed by atoms with Crippen molar-refractivity contribution in [3.63, 3.8) is 0 Å². The molecule has 4 nitrogen and oxygen atoms in total. The first-order valence-corrected chi connectivity index (χ1v) is 7.74. The van der Waals surface area contributed by atoms with Gasteiger partial charge in [-0.2, -0.15) is 4.98 Å². The number of thiophene rings is 1. The highest BCUT2D eigenvalue weighted by atomic mass is 32.1. The van der Waals surface area contributed by atoms with Crippen molar-refractivity contribution in [3.8, 4) is 0 Å². The minimum absolute atomic E-state index is 0.0204. The van der Waals surface area contributed by atoms with E-state index in [0.29, 0.717) is 18.1 Å². The molecular formula is C14H18N2O2S. The fourth-order valence-electron chi connectivity index (χ4n) is 2.64. The van der Waals surface area contributed by atoms with E-state index in [1.54, 1.807) is 11.3 Å². The smallest absolute Gasteiger partial charge is 0.232 e. The standard InChI is InChI=1S/C14H18N2O2S/c17-12-7-3-1-2-6-11(12)14-15-13(16-18-14)9-10-5-4-8-19-10/h4-5,8,11-12,17H,1-3,6-7,9H2. The molecule has 0 aliphatic heterocycles. The summed E-state index contributed by atoms with van der Waals surface area (Å²) in [4.78, 5) is 5.70. The van der Waals surface area contributed by atoms with Gasteiger partial charge in [0.2, 0.25) is 5.89 Å². The van der Waals surface area contributed by atoms with Crippen molar-refractivity contribution in [2.75, 3.05) is 0 Å². The Morgan fingerprint density at radius 1 is 1.32 bits per heavy atom. The molecule has 3 rings (SSSR count). The highest BCUT2D eigenvalue weighted by Gasteiger charge is 2.28. The lowest BCUT2D eigenvalue weighted by Gasteiger charge is -2.15. The second-order valence-corrected chi connectivity index (χ2v) is 6.15. The van der Waals surface area contributed by atoms with Crippen molar-refractivity contribution in [2.45, 2.75) is 50.5 Å². The summed E-state index contributed by atoms with van der Waals surface area (Å²) in [6, 6.07) is 4.09. The molecule has 2 unspecified atom stereocenters. The Bertz CT molecular complexity index is 509. The Balaban J connectivity index is 1.72. The first kappa shape index (κ1) is 12.8. The normalized spacial score (nSPS) is 24.3. The van der Waals surface area contributed by atoms with E-state index >= 15 is 0 Å². The van der Waals surface area contributed by atoms with Gasteiger partial charge >= 0.3 is 0 Å². The second-order valence-electron chi connectivity index (χ2n) is 5.12. The number of aliphatic hydroxyl groups excluding tert-OH is 1. The van der Waals surface area contributed by atoms with Crippen molar-refractivity contribution < 1.29 is 9.63 Å². The van der Waals surface area contributed by atoms with Crippen LogP contribution in [0.4, 0.5) is 0 Å². The molecule has 1 saturated carbocycles. The number of nitrogens with zero attached hydrogens (tertiary/aromatic N) is 2. The van der Waals surface area contributed by atoms with E-state index in [1.807, 2.05) is 11.4 Å². The number of hydrogen-bond acceptors (Lipinski definition) is 5. The van der Waals surface area contributed by atoms with Crippen LogP contribution in [0.1, 0.15) is 54.6 Å². The molecular weight excluding hydrogens is 260 g/mol. The van der Waals surface area contributed by atoms with E-state index in [2.05, 4.69) is 16.2 Å². The van der Waals surface area contributed by atoms with Gasteiger partial charge in [-0.15, -0.1) is 11.3 Å². The first-order valence-electron chi connectivity index (χ1n) is 6.86. The summed E-state index contributed by atoms with van der Waals surface area (Å²) in [5, 5.41) is 16.2. The lowest BCUT2D eigenvalue weighted by molar-refractivity contribution is 0.119. The molecule has 1 N–H and O–H groups in total. The molecule has 1 fully saturated rings. The average Bonchev–Trinajstić information content (AvgIpc) is 3.02. The Hall–Kier alpha value is -1.20. The third-order valence-electron chi connectivity index (χ3n) is 3.69. The molecule has 0 radical (unpaired) electrons. The quantitative estimate of drug-likeness (QED) is 0.876. The topological polar surface area (TPSA) is 59.2 Å². The van der Waals surface area contributed by atoms with Gasteiger partial charge in [0.25, 0.3) is 0 Å². The third kappa shape index (κ3) is 3.04. The van der Waals surface area contributed by atoms with E-state index in [4.69, 9.17) is 4.52 Å². The second kappa shape index (κ2) is 5.84. The van der Waals surface area contributed by atoms with Gasteiger partial charge in [0.1, 0.15) is 0 Å². The minimum Gasteiger partial charge on any atom is -0.392 e. The highest BCUT2D eigenvalue weighted by Crippen LogP contribution is 2.31. The minimum atomic E-state index is -0.336. The summed E-state index contributed by atoms with van der Waals surface area (Å²) in [6.45, 7) is 0. The Morgan fingerprint density at radius 2 is 2.21 bits per heavy atom. The molecule has 0 bridgehead atoms. The zero-order chi connectivity index (χ0) is 13.1. The summed E-state index contributed by atoms with van der Waals surface area (Å²) in [6.07, 6.45) is 5.57. The average molecular weight is 278 g/mol. The molecule has 0 spiro atoms. The van der Waals surface area contributed by atoms with Gasteiger partial charge in [-0.25, -0.2) is 0 Å². The molecule has 1 aliphatic rings. The lowest BCUT2D eigenvalue weighted by Crippen LogP contribution is -2.17. The van der Waals surface area contributed by atoms with Crippen LogP contribution in [0.15, 0.2) is 22.0 Å². The molecule has 5 heteroatoms. The summed E-state index contributed by atoms with van der Waals surface area (Å²) >= 11 is 1.70. The molecule has 2 atom stereocenters. The summed E-state index contributed by atoms with van der Waals surface area (Å²) in [5.74, 6) is 1.35. The van der Waals surface area contributed by atoms with Crippen LogP contribution < -0.4 is 0 Å². The maximum absolute atomic E-state index is 10.1. The predicted molar refractivity (Wildman–Crippen MR) is 73.3 cm³/mol. The van der Waals surface area contributed by atoms with Gasteiger partial charge in [-0.3, -0.25) is 0 Å². The first-order chi connectivity index (χ1) is 9.33. The molecule has 0 aromatic carbocycles. The molecule has 102 valence electrons. The molecule has 19 heavy (non-hydrogen) atoms. The van der Waals surface area contributed by atoms with Crippen LogP contribution in [0.5, 0.6) is 0 Å². The van der Waals surface area contributed by atoms with E-state index in [9.17, 15) is 5.11 Å². The number of aromatic nitrogens is 2. The maximum Gasteiger partial charge on any atom is 0.232 e.